The van der Waals surface area contributed by atoms with Crippen LogP contribution < -0.4 is 0 Å². The number of hydrogen-bond acceptors (Lipinski definition) is 3. The van der Waals surface area contributed by atoms with Gasteiger partial charge in [0, 0.05) is 13.0 Å². The molecule has 5 heteroatoms. The number of aryl methyl sites for hydroxylation is 3. The average molecular weight is 283 g/mol. The molecular weight excluding hydrogens is 264 g/mol. The second-order valence-electron chi connectivity index (χ2n) is 4.55. The van der Waals surface area contributed by atoms with Crippen LogP contribution in [0.1, 0.15) is 42.9 Å². The number of rotatable bonds is 5. The lowest BCUT2D eigenvalue weighted by atomic mass is 10.1. The monoisotopic (exact) mass is 282 g/mol. The third-order valence-electron chi connectivity index (χ3n) is 3.17. The van der Waals surface area contributed by atoms with Crippen molar-refractivity contribution in [1.82, 2.24) is 9.78 Å². The molecular formula is C14H19ClN2O2. The van der Waals surface area contributed by atoms with Crippen LogP contribution in [0.3, 0.4) is 0 Å². The molecule has 104 valence electrons. The molecule has 0 bridgehead atoms. The first-order valence-corrected chi connectivity index (χ1v) is 6.93. The van der Waals surface area contributed by atoms with Gasteiger partial charge in [-0.15, -0.1) is 0 Å². The molecule has 2 heterocycles. The number of aliphatic hydroxyl groups excluding tert-OH is 1. The lowest BCUT2D eigenvalue weighted by Crippen LogP contribution is -2.08. The Bertz CT molecular complexity index is 560. The zero-order valence-electron chi connectivity index (χ0n) is 11.5. The van der Waals surface area contributed by atoms with Crippen molar-refractivity contribution >= 4 is 11.6 Å². The average Bonchev–Trinajstić information content (AvgIpc) is 2.95. The zero-order valence-corrected chi connectivity index (χ0v) is 12.2. The Morgan fingerprint density at radius 3 is 2.68 bits per heavy atom. The Balaban J connectivity index is 2.25. The number of hydrogen-bond donors (Lipinski definition) is 1. The fraction of sp³-hybridized carbons (Fsp3) is 0.500. The molecule has 0 saturated carbocycles. The smallest absolute Gasteiger partial charge is 0.133 e. The minimum atomic E-state index is -0.696. The summed E-state index contributed by atoms with van der Waals surface area (Å²) in [6.07, 6.45) is 0.499. The van der Waals surface area contributed by atoms with Gasteiger partial charge in [-0.2, -0.15) is 5.10 Å². The molecule has 0 spiro atoms. The van der Waals surface area contributed by atoms with E-state index in [-0.39, 0.29) is 0 Å². The number of furan rings is 1. The highest BCUT2D eigenvalue weighted by Gasteiger charge is 2.20. The third-order valence-corrected chi connectivity index (χ3v) is 3.61. The van der Waals surface area contributed by atoms with Crippen LogP contribution in [0.15, 0.2) is 16.5 Å². The van der Waals surface area contributed by atoms with Crippen molar-refractivity contribution in [3.8, 4) is 0 Å². The van der Waals surface area contributed by atoms with Gasteiger partial charge in [0.1, 0.15) is 17.6 Å². The van der Waals surface area contributed by atoms with E-state index in [0.29, 0.717) is 17.2 Å². The molecule has 0 amide bonds. The van der Waals surface area contributed by atoms with E-state index < -0.39 is 6.10 Å². The van der Waals surface area contributed by atoms with Gasteiger partial charge in [0.2, 0.25) is 0 Å². The van der Waals surface area contributed by atoms with E-state index >= 15 is 0 Å². The van der Waals surface area contributed by atoms with Crippen molar-refractivity contribution in [2.45, 2.75) is 46.3 Å². The van der Waals surface area contributed by atoms with Crippen LogP contribution in [0.25, 0.3) is 0 Å². The van der Waals surface area contributed by atoms with E-state index in [1.807, 2.05) is 31.5 Å². The molecule has 0 aliphatic heterocycles. The second kappa shape index (κ2) is 5.80. The van der Waals surface area contributed by atoms with E-state index in [1.54, 1.807) is 6.07 Å². The van der Waals surface area contributed by atoms with Gasteiger partial charge in [-0.25, -0.2) is 0 Å². The zero-order chi connectivity index (χ0) is 14.0. The van der Waals surface area contributed by atoms with E-state index in [4.69, 9.17) is 16.0 Å². The van der Waals surface area contributed by atoms with Crippen molar-refractivity contribution in [3.05, 3.63) is 40.1 Å². The van der Waals surface area contributed by atoms with Gasteiger partial charge < -0.3 is 9.52 Å². The summed E-state index contributed by atoms with van der Waals surface area (Å²) in [6.45, 7) is 6.62. The van der Waals surface area contributed by atoms with Crippen molar-refractivity contribution in [2.75, 3.05) is 0 Å². The van der Waals surface area contributed by atoms with E-state index in [2.05, 4.69) is 5.10 Å². The predicted molar refractivity (Wildman–Crippen MR) is 74.4 cm³/mol. The fourth-order valence-corrected chi connectivity index (χ4v) is 2.47. The molecule has 2 rings (SSSR count). The Labute approximate surface area is 118 Å². The molecule has 1 N–H and O–H groups in total. The summed E-state index contributed by atoms with van der Waals surface area (Å²) in [5.41, 5.74) is 1.74. The maximum atomic E-state index is 10.2. The Hall–Kier alpha value is -1.26. The molecule has 19 heavy (non-hydrogen) atoms. The Morgan fingerprint density at radius 1 is 1.42 bits per heavy atom. The lowest BCUT2D eigenvalue weighted by Gasteiger charge is -2.10. The molecule has 1 unspecified atom stereocenters. The molecule has 0 saturated heterocycles. The summed E-state index contributed by atoms with van der Waals surface area (Å²) in [6, 6.07) is 3.63. The van der Waals surface area contributed by atoms with Gasteiger partial charge in [-0.3, -0.25) is 4.68 Å². The number of aromatic nitrogens is 2. The molecule has 0 aromatic carbocycles. The standard InChI is InChI=1S/C14H19ClN2O2/c1-4-10-14(15)11(17(5-2)16-10)8-12(18)13-7-6-9(3)19-13/h6-7,12,18H,4-5,8H2,1-3H3. The molecule has 0 aliphatic carbocycles. The van der Waals surface area contributed by atoms with Crippen LogP contribution in [0.2, 0.25) is 5.02 Å². The molecule has 2 aromatic heterocycles. The second-order valence-corrected chi connectivity index (χ2v) is 4.92. The SMILES string of the molecule is CCc1nn(CC)c(CC(O)c2ccc(C)o2)c1Cl. The van der Waals surface area contributed by atoms with Gasteiger partial charge in [0.05, 0.1) is 16.4 Å². The molecule has 0 fully saturated rings. The molecule has 0 aliphatic rings. The lowest BCUT2D eigenvalue weighted by molar-refractivity contribution is 0.146. The molecule has 1 atom stereocenters. The van der Waals surface area contributed by atoms with Crippen LogP contribution >= 0.6 is 11.6 Å². The van der Waals surface area contributed by atoms with Gasteiger partial charge in [-0.05, 0) is 32.4 Å². The van der Waals surface area contributed by atoms with Crippen molar-refractivity contribution in [3.63, 3.8) is 0 Å². The van der Waals surface area contributed by atoms with Crippen molar-refractivity contribution in [2.24, 2.45) is 0 Å². The molecule has 4 nitrogen and oxygen atoms in total. The summed E-state index contributed by atoms with van der Waals surface area (Å²) in [5, 5.41) is 15.3. The highest BCUT2D eigenvalue weighted by atomic mass is 35.5. The summed E-state index contributed by atoms with van der Waals surface area (Å²) < 4.78 is 7.29. The van der Waals surface area contributed by atoms with Crippen LogP contribution in [0, 0.1) is 6.92 Å². The topological polar surface area (TPSA) is 51.2 Å². The minimum absolute atomic E-state index is 0.409. The highest BCUT2D eigenvalue weighted by molar-refractivity contribution is 6.31. The largest absolute Gasteiger partial charge is 0.464 e. The summed E-state index contributed by atoms with van der Waals surface area (Å²) >= 11 is 6.32. The first kappa shape index (κ1) is 14.2. The van der Waals surface area contributed by atoms with E-state index in [1.165, 1.54) is 0 Å². The van der Waals surface area contributed by atoms with E-state index in [9.17, 15) is 5.11 Å². The summed E-state index contributed by atoms with van der Waals surface area (Å²) in [5.74, 6) is 1.36. The third kappa shape index (κ3) is 2.85. The summed E-state index contributed by atoms with van der Waals surface area (Å²) in [7, 11) is 0. The minimum Gasteiger partial charge on any atom is -0.464 e. The molecule has 0 radical (unpaired) electrons. The van der Waals surface area contributed by atoms with Gasteiger partial charge in [-0.1, -0.05) is 18.5 Å². The number of nitrogens with zero attached hydrogens (tertiary/aromatic N) is 2. The van der Waals surface area contributed by atoms with Crippen LogP contribution in [0.5, 0.6) is 0 Å². The first-order chi connectivity index (χ1) is 9.06. The fourth-order valence-electron chi connectivity index (χ4n) is 2.13. The Kier molecular flexibility index (Phi) is 4.32. The number of aliphatic hydroxyl groups is 1. The highest BCUT2D eigenvalue weighted by Crippen LogP contribution is 2.27. The van der Waals surface area contributed by atoms with Gasteiger partial charge in [0.15, 0.2) is 0 Å². The van der Waals surface area contributed by atoms with Gasteiger partial charge in [0.25, 0.3) is 0 Å². The first-order valence-electron chi connectivity index (χ1n) is 6.55. The van der Waals surface area contributed by atoms with Crippen LogP contribution in [-0.2, 0) is 19.4 Å². The maximum Gasteiger partial charge on any atom is 0.133 e. The normalized spacial score (nSPS) is 12.9. The van der Waals surface area contributed by atoms with Gasteiger partial charge >= 0.3 is 0 Å². The van der Waals surface area contributed by atoms with Crippen molar-refractivity contribution in [1.29, 1.82) is 0 Å². The van der Waals surface area contributed by atoms with E-state index in [0.717, 1.165) is 30.1 Å². The maximum absolute atomic E-state index is 10.2. The predicted octanol–water partition coefficient (Wildman–Crippen LogP) is 3.30. The number of halogens is 1. The quantitative estimate of drug-likeness (QED) is 0.915. The van der Waals surface area contributed by atoms with Crippen LogP contribution in [-0.4, -0.2) is 14.9 Å². The molecule has 2 aromatic rings. The Morgan fingerprint density at radius 2 is 2.16 bits per heavy atom. The summed E-state index contributed by atoms with van der Waals surface area (Å²) in [4.78, 5) is 0. The van der Waals surface area contributed by atoms with Crippen LogP contribution in [0.4, 0.5) is 0 Å². The van der Waals surface area contributed by atoms with Crippen molar-refractivity contribution < 1.29 is 9.52 Å².